The van der Waals surface area contributed by atoms with E-state index in [0.29, 0.717) is 6.54 Å². The van der Waals surface area contributed by atoms with E-state index in [1.807, 2.05) is 50.2 Å². The number of nitrogens with zero attached hydrogens (tertiary/aromatic N) is 1. The molecule has 138 valence electrons. The van der Waals surface area contributed by atoms with Crippen LogP contribution in [-0.4, -0.2) is 29.7 Å². The van der Waals surface area contributed by atoms with Crippen molar-refractivity contribution in [3.05, 3.63) is 52.3 Å². The molecule has 0 unspecified atom stereocenters. The number of methoxy groups -OCH3 is 1. The highest BCUT2D eigenvalue weighted by Gasteiger charge is 2.15. The van der Waals surface area contributed by atoms with Gasteiger partial charge in [0.25, 0.3) is 0 Å². The van der Waals surface area contributed by atoms with Crippen LogP contribution in [0.1, 0.15) is 25.2 Å². The lowest BCUT2D eigenvalue weighted by atomic mass is 10.1. The second-order valence-corrected chi connectivity index (χ2v) is 7.21. The Kier molecular flexibility index (Phi) is 6.16. The van der Waals surface area contributed by atoms with Gasteiger partial charge in [-0.15, -0.1) is 0 Å². The summed E-state index contributed by atoms with van der Waals surface area (Å²) in [6.07, 6.45) is 0.906. The summed E-state index contributed by atoms with van der Waals surface area (Å²) in [5.74, 6) is 2.52. The third-order valence-electron chi connectivity index (χ3n) is 4.02. The molecule has 3 aromatic rings. The van der Waals surface area contributed by atoms with E-state index in [1.165, 1.54) is 0 Å². The van der Waals surface area contributed by atoms with Crippen molar-refractivity contribution in [2.24, 2.45) is 0 Å². The molecule has 0 radical (unpaired) electrons. The molecule has 1 heterocycles. The quantitative estimate of drug-likeness (QED) is 0.531. The number of fused-ring (bicyclic) bond motifs is 1. The maximum absolute atomic E-state index is 5.99. The molecule has 0 saturated carbocycles. The molecule has 0 fully saturated rings. The number of H-pyrrole nitrogens is 1. The summed E-state index contributed by atoms with van der Waals surface area (Å²) in [6, 6.07) is 12.0. The summed E-state index contributed by atoms with van der Waals surface area (Å²) in [4.78, 5) is 7.97. The van der Waals surface area contributed by atoms with Crippen LogP contribution in [0.25, 0.3) is 11.0 Å². The van der Waals surface area contributed by atoms with Gasteiger partial charge < -0.3 is 19.8 Å². The first-order chi connectivity index (χ1) is 12.6. The lowest BCUT2D eigenvalue weighted by Crippen LogP contribution is -2.19. The molecular weight excluding hydrogens is 394 g/mol. The average molecular weight is 418 g/mol. The Balaban J connectivity index is 1.65. The van der Waals surface area contributed by atoms with Crippen LogP contribution in [0.5, 0.6) is 11.5 Å². The molecule has 0 amide bonds. The van der Waals surface area contributed by atoms with Crippen molar-refractivity contribution in [3.63, 3.8) is 0 Å². The number of ether oxygens (including phenoxy) is 2. The molecule has 3 rings (SSSR count). The molecule has 6 heteroatoms. The largest absolute Gasteiger partial charge is 0.493 e. The summed E-state index contributed by atoms with van der Waals surface area (Å²) < 4.78 is 12.5. The molecule has 2 N–H and O–H groups in total. The van der Waals surface area contributed by atoms with Gasteiger partial charge in [-0.3, -0.25) is 0 Å². The first kappa shape index (κ1) is 18.7. The van der Waals surface area contributed by atoms with Crippen molar-refractivity contribution in [3.8, 4) is 11.5 Å². The van der Waals surface area contributed by atoms with Crippen molar-refractivity contribution >= 4 is 27.0 Å². The fourth-order valence-electron chi connectivity index (χ4n) is 2.82. The SMILES string of the molecule is COc1ccc(Br)c(CNCCc2nc3ccccc3[nH]2)c1OC(C)C. The Bertz CT molecular complexity index is 844. The van der Waals surface area contributed by atoms with Crippen molar-refractivity contribution < 1.29 is 9.47 Å². The fraction of sp³-hybridized carbons (Fsp3) is 0.350. The molecule has 0 aliphatic heterocycles. The van der Waals surface area contributed by atoms with Gasteiger partial charge >= 0.3 is 0 Å². The second kappa shape index (κ2) is 8.56. The zero-order valence-corrected chi connectivity index (χ0v) is 16.9. The van der Waals surface area contributed by atoms with Gasteiger partial charge in [-0.25, -0.2) is 4.98 Å². The van der Waals surface area contributed by atoms with Gasteiger partial charge in [0.2, 0.25) is 0 Å². The lowest BCUT2D eigenvalue weighted by molar-refractivity contribution is 0.227. The van der Waals surface area contributed by atoms with E-state index in [1.54, 1.807) is 7.11 Å². The van der Waals surface area contributed by atoms with E-state index in [2.05, 4.69) is 31.2 Å². The number of aromatic nitrogens is 2. The van der Waals surface area contributed by atoms with Gasteiger partial charge in [-0.05, 0) is 38.1 Å². The Morgan fingerprint density at radius 2 is 2.00 bits per heavy atom. The van der Waals surface area contributed by atoms with Crippen LogP contribution in [0.15, 0.2) is 40.9 Å². The molecule has 26 heavy (non-hydrogen) atoms. The predicted octanol–water partition coefficient (Wildman–Crippen LogP) is 4.45. The molecule has 2 aromatic carbocycles. The number of hydrogen-bond acceptors (Lipinski definition) is 4. The number of imidazole rings is 1. The molecule has 5 nitrogen and oxygen atoms in total. The molecule has 0 aliphatic carbocycles. The van der Waals surface area contributed by atoms with E-state index in [4.69, 9.17) is 9.47 Å². The topological polar surface area (TPSA) is 59.2 Å². The molecule has 0 saturated heterocycles. The Morgan fingerprint density at radius 3 is 2.73 bits per heavy atom. The van der Waals surface area contributed by atoms with E-state index in [9.17, 15) is 0 Å². The zero-order chi connectivity index (χ0) is 18.5. The van der Waals surface area contributed by atoms with Gasteiger partial charge in [0.05, 0.1) is 24.2 Å². The second-order valence-electron chi connectivity index (χ2n) is 6.35. The zero-order valence-electron chi connectivity index (χ0n) is 15.3. The minimum absolute atomic E-state index is 0.0764. The molecule has 0 spiro atoms. The fourth-order valence-corrected chi connectivity index (χ4v) is 3.27. The van der Waals surface area contributed by atoms with Crippen molar-refractivity contribution in [1.82, 2.24) is 15.3 Å². The summed E-state index contributed by atoms with van der Waals surface area (Å²) in [5.41, 5.74) is 3.14. The smallest absolute Gasteiger partial charge is 0.167 e. The third-order valence-corrected chi connectivity index (χ3v) is 4.76. The van der Waals surface area contributed by atoms with Crippen molar-refractivity contribution in [2.75, 3.05) is 13.7 Å². The predicted molar refractivity (Wildman–Crippen MR) is 108 cm³/mol. The van der Waals surface area contributed by atoms with Crippen LogP contribution in [-0.2, 0) is 13.0 Å². The third kappa shape index (κ3) is 4.37. The van der Waals surface area contributed by atoms with Crippen molar-refractivity contribution in [2.45, 2.75) is 32.9 Å². The molecule has 1 aromatic heterocycles. The Hall–Kier alpha value is -2.05. The summed E-state index contributed by atoms with van der Waals surface area (Å²) >= 11 is 3.63. The molecule has 0 aliphatic rings. The van der Waals surface area contributed by atoms with Gasteiger partial charge in [-0.2, -0.15) is 0 Å². The molecule has 0 bridgehead atoms. The number of nitrogens with one attached hydrogen (secondary N) is 2. The van der Waals surface area contributed by atoms with Gasteiger partial charge in [0, 0.05) is 29.5 Å². The Morgan fingerprint density at radius 1 is 1.19 bits per heavy atom. The number of halogens is 1. The average Bonchev–Trinajstić information content (AvgIpc) is 3.03. The van der Waals surface area contributed by atoms with E-state index in [0.717, 1.165) is 51.4 Å². The van der Waals surface area contributed by atoms with Crippen LogP contribution in [0.2, 0.25) is 0 Å². The maximum atomic E-state index is 5.99. The first-order valence-electron chi connectivity index (χ1n) is 8.75. The maximum Gasteiger partial charge on any atom is 0.167 e. The van der Waals surface area contributed by atoms with Crippen LogP contribution >= 0.6 is 15.9 Å². The minimum Gasteiger partial charge on any atom is -0.493 e. The highest BCUT2D eigenvalue weighted by Crippen LogP contribution is 2.36. The van der Waals surface area contributed by atoms with Crippen molar-refractivity contribution in [1.29, 1.82) is 0 Å². The number of rotatable bonds is 8. The van der Waals surface area contributed by atoms with Gasteiger partial charge in [0.15, 0.2) is 11.5 Å². The lowest BCUT2D eigenvalue weighted by Gasteiger charge is -2.19. The summed E-state index contributed by atoms with van der Waals surface area (Å²) in [5, 5.41) is 3.47. The molecule has 0 atom stereocenters. The normalized spacial score (nSPS) is 11.3. The van der Waals surface area contributed by atoms with Gasteiger partial charge in [-0.1, -0.05) is 28.1 Å². The summed E-state index contributed by atoms with van der Waals surface area (Å²) in [6.45, 7) is 5.52. The standard InChI is InChI=1S/C20H24BrN3O2/c1-13(2)26-20-14(15(21)8-9-18(20)25-3)12-22-11-10-19-23-16-6-4-5-7-17(16)24-19/h4-9,13,22H,10-12H2,1-3H3,(H,23,24). The number of aromatic amines is 1. The first-order valence-corrected chi connectivity index (χ1v) is 9.54. The van der Waals surface area contributed by atoms with Crippen LogP contribution in [0.3, 0.4) is 0 Å². The van der Waals surface area contributed by atoms with Crippen LogP contribution in [0.4, 0.5) is 0 Å². The van der Waals surface area contributed by atoms with E-state index < -0.39 is 0 Å². The summed E-state index contributed by atoms with van der Waals surface area (Å²) in [7, 11) is 1.66. The monoisotopic (exact) mass is 417 g/mol. The number of hydrogen-bond donors (Lipinski definition) is 2. The number of para-hydroxylation sites is 2. The van der Waals surface area contributed by atoms with E-state index in [-0.39, 0.29) is 6.10 Å². The Labute approximate surface area is 162 Å². The minimum atomic E-state index is 0.0764. The van der Waals surface area contributed by atoms with Crippen LogP contribution in [0, 0.1) is 0 Å². The highest BCUT2D eigenvalue weighted by atomic mass is 79.9. The highest BCUT2D eigenvalue weighted by molar-refractivity contribution is 9.10. The van der Waals surface area contributed by atoms with Gasteiger partial charge in [0.1, 0.15) is 5.82 Å². The van der Waals surface area contributed by atoms with Crippen LogP contribution < -0.4 is 14.8 Å². The molecular formula is C20H24BrN3O2. The van der Waals surface area contributed by atoms with E-state index >= 15 is 0 Å². The number of benzene rings is 2.